The van der Waals surface area contributed by atoms with Crippen molar-refractivity contribution in [2.45, 2.75) is 6.92 Å². The zero-order valence-corrected chi connectivity index (χ0v) is 18.7. The van der Waals surface area contributed by atoms with Crippen LogP contribution in [0.3, 0.4) is 0 Å². The molecule has 35 heavy (non-hydrogen) atoms. The molecule has 7 nitrogen and oxygen atoms in total. The Morgan fingerprint density at radius 1 is 0.771 bits per heavy atom. The van der Waals surface area contributed by atoms with Crippen molar-refractivity contribution < 1.29 is 18.4 Å². The number of carbonyl (C=O) groups excluding carboxylic acids is 2. The van der Waals surface area contributed by atoms with E-state index in [-0.39, 0.29) is 22.3 Å². The Morgan fingerprint density at radius 3 is 2.20 bits per heavy atom. The third kappa shape index (κ3) is 4.35. The second-order valence-corrected chi connectivity index (χ2v) is 7.90. The van der Waals surface area contributed by atoms with Crippen LogP contribution in [0.1, 0.15) is 26.5 Å². The summed E-state index contributed by atoms with van der Waals surface area (Å²) < 4.78 is 11.2. The number of nitrogens with one attached hydrogen (secondary N) is 2. The van der Waals surface area contributed by atoms with Gasteiger partial charge in [-0.15, -0.1) is 0 Å². The predicted molar refractivity (Wildman–Crippen MR) is 134 cm³/mol. The van der Waals surface area contributed by atoms with Gasteiger partial charge in [-0.3, -0.25) is 14.4 Å². The van der Waals surface area contributed by atoms with E-state index in [9.17, 15) is 14.4 Å². The van der Waals surface area contributed by atoms with Crippen LogP contribution in [0.15, 0.2) is 105 Å². The first-order valence-electron chi connectivity index (χ1n) is 10.9. The molecule has 3 aromatic carbocycles. The van der Waals surface area contributed by atoms with Crippen molar-refractivity contribution in [3.8, 4) is 11.3 Å². The molecule has 2 N–H and O–H groups in total. The molecule has 0 atom stereocenters. The Balaban J connectivity index is 1.47. The van der Waals surface area contributed by atoms with Gasteiger partial charge in [0, 0.05) is 22.5 Å². The number of para-hydroxylation sites is 1. The van der Waals surface area contributed by atoms with Gasteiger partial charge < -0.3 is 19.5 Å². The van der Waals surface area contributed by atoms with Crippen LogP contribution in [0.5, 0.6) is 0 Å². The molecule has 5 aromatic rings. The summed E-state index contributed by atoms with van der Waals surface area (Å²) in [5.74, 6) is -0.255. The maximum atomic E-state index is 13.2. The molecule has 2 heterocycles. The lowest BCUT2D eigenvalue weighted by atomic mass is 10.0. The van der Waals surface area contributed by atoms with Crippen molar-refractivity contribution in [3.63, 3.8) is 0 Å². The first-order chi connectivity index (χ1) is 17.0. The Labute approximate surface area is 200 Å². The Hall–Kier alpha value is -4.91. The van der Waals surface area contributed by atoms with Crippen molar-refractivity contribution in [1.82, 2.24) is 0 Å². The van der Waals surface area contributed by atoms with Gasteiger partial charge in [0.1, 0.15) is 5.76 Å². The van der Waals surface area contributed by atoms with Gasteiger partial charge >= 0.3 is 0 Å². The van der Waals surface area contributed by atoms with E-state index in [1.54, 1.807) is 61.5 Å². The fourth-order valence-electron chi connectivity index (χ4n) is 3.83. The Morgan fingerprint density at radius 2 is 1.49 bits per heavy atom. The third-order valence-corrected chi connectivity index (χ3v) is 5.55. The monoisotopic (exact) mass is 464 g/mol. The van der Waals surface area contributed by atoms with E-state index < -0.39 is 11.8 Å². The van der Waals surface area contributed by atoms with Gasteiger partial charge in [0.25, 0.3) is 11.8 Å². The van der Waals surface area contributed by atoms with Gasteiger partial charge in [-0.1, -0.05) is 42.5 Å². The van der Waals surface area contributed by atoms with E-state index in [4.69, 9.17) is 8.83 Å². The molecule has 0 unspecified atom stereocenters. The molecule has 172 valence electrons. The first-order valence-corrected chi connectivity index (χ1v) is 10.9. The number of rotatable bonds is 5. The number of benzene rings is 3. The fraction of sp³-hybridized carbons (Fsp3) is 0.0357. The summed E-state index contributed by atoms with van der Waals surface area (Å²) in [6.07, 6.45) is 1.42. The number of anilines is 2. The summed E-state index contributed by atoms with van der Waals surface area (Å²) in [6, 6.07) is 24.1. The van der Waals surface area contributed by atoms with Gasteiger partial charge in [0.2, 0.25) is 0 Å². The van der Waals surface area contributed by atoms with Crippen LogP contribution >= 0.6 is 0 Å². The van der Waals surface area contributed by atoms with Crippen LogP contribution in [0.25, 0.3) is 22.3 Å². The molecule has 0 aliphatic carbocycles. The molecule has 0 saturated heterocycles. The SMILES string of the molecule is Cc1c(-c2ccccc2)oc2c(C(=O)Nc3cccc(NC(=O)c4ccco4)c3)cccc2c1=O. The largest absolute Gasteiger partial charge is 0.459 e. The van der Waals surface area contributed by atoms with Crippen molar-refractivity contribution in [2.75, 3.05) is 10.6 Å². The van der Waals surface area contributed by atoms with Gasteiger partial charge in [0.05, 0.1) is 17.2 Å². The number of furan rings is 1. The molecule has 0 radical (unpaired) electrons. The van der Waals surface area contributed by atoms with Crippen LogP contribution in [0.2, 0.25) is 0 Å². The third-order valence-electron chi connectivity index (χ3n) is 5.55. The second-order valence-electron chi connectivity index (χ2n) is 7.90. The van der Waals surface area contributed by atoms with Gasteiger partial charge in [-0.25, -0.2) is 0 Å². The summed E-state index contributed by atoms with van der Waals surface area (Å²) >= 11 is 0. The molecule has 7 heteroatoms. The van der Waals surface area contributed by atoms with Crippen molar-refractivity contribution in [1.29, 1.82) is 0 Å². The lowest BCUT2D eigenvalue weighted by Gasteiger charge is -2.11. The Bertz CT molecular complexity index is 1600. The summed E-state index contributed by atoms with van der Waals surface area (Å²) in [7, 11) is 0. The summed E-state index contributed by atoms with van der Waals surface area (Å²) in [4.78, 5) is 38.5. The second kappa shape index (κ2) is 9.15. The molecule has 0 saturated carbocycles. The average molecular weight is 464 g/mol. The molecule has 0 spiro atoms. The van der Waals surface area contributed by atoms with Crippen LogP contribution in [0.4, 0.5) is 11.4 Å². The highest BCUT2D eigenvalue weighted by molar-refractivity contribution is 6.12. The number of hydrogen-bond acceptors (Lipinski definition) is 5. The highest BCUT2D eigenvalue weighted by atomic mass is 16.3. The van der Waals surface area contributed by atoms with Crippen LogP contribution in [-0.2, 0) is 0 Å². The first kappa shape index (κ1) is 21.9. The average Bonchev–Trinajstić information content (AvgIpc) is 3.42. The predicted octanol–water partition coefficient (Wildman–Crippen LogP) is 5.87. The smallest absolute Gasteiger partial charge is 0.291 e. The van der Waals surface area contributed by atoms with E-state index in [0.29, 0.717) is 28.1 Å². The number of amides is 2. The van der Waals surface area contributed by atoms with E-state index >= 15 is 0 Å². The summed E-state index contributed by atoms with van der Waals surface area (Å²) in [5, 5.41) is 5.87. The zero-order valence-electron chi connectivity index (χ0n) is 18.7. The standard InChI is InChI=1S/C28H20N2O5/c1-17-24(31)21-12-6-13-22(26(21)35-25(17)18-8-3-2-4-9-18)27(32)29-19-10-5-11-20(16-19)30-28(33)23-14-7-15-34-23/h2-16H,1H3,(H,29,32)(H,30,33). The molecule has 0 bridgehead atoms. The fourth-order valence-corrected chi connectivity index (χ4v) is 3.83. The number of carbonyl (C=O) groups is 2. The maximum absolute atomic E-state index is 13.2. The zero-order chi connectivity index (χ0) is 24.4. The van der Waals surface area contributed by atoms with E-state index in [1.165, 1.54) is 6.26 Å². The van der Waals surface area contributed by atoms with Crippen LogP contribution in [-0.4, -0.2) is 11.8 Å². The highest BCUT2D eigenvalue weighted by Crippen LogP contribution is 2.28. The lowest BCUT2D eigenvalue weighted by Crippen LogP contribution is -2.15. The minimum Gasteiger partial charge on any atom is -0.459 e. The van der Waals surface area contributed by atoms with Crippen LogP contribution < -0.4 is 16.1 Å². The minimum atomic E-state index is -0.448. The highest BCUT2D eigenvalue weighted by Gasteiger charge is 2.19. The molecular weight excluding hydrogens is 444 g/mol. The van der Waals surface area contributed by atoms with Crippen molar-refractivity contribution >= 4 is 34.2 Å². The number of fused-ring (bicyclic) bond motifs is 1. The van der Waals surface area contributed by atoms with Gasteiger partial charge in [-0.2, -0.15) is 0 Å². The summed E-state index contributed by atoms with van der Waals surface area (Å²) in [6.45, 7) is 1.71. The molecule has 5 rings (SSSR count). The quantitative estimate of drug-likeness (QED) is 0.339. The van der Waals surface area contributed by atoms with Crippen molar-refractivity contribution in [2.24, 2.45) is 0 Å². The molecular formula is C28H20N2O5. The lowest BCUT2D eigenvalue weighted by molar-refractivity contribution is 0.0995. The molecule has 0 aliphatic rings. The minimum absolute atomic E-state index is 0.176. The van der Waals surface area contributed by atoms with Crippen molar-refractivity contribution in [3.05, 3.63) is 118 Å². The van der Waals surface area contributed by atoms with E-state index in [2.05, 4.69) is 10.6 Å². The van der Waals surface area contributed by atoms with Gasteiger partial charge in [-0.05, 0) is 49.4 Å². The van der Waals surface area contributed by atoms with E-state index in [1.807, 2.05) is 30.3 Å². The van der Waals surface area contributed by atoms with Gasteiger partial charge in [0.15, 0.2) is 16.8 Å². The number of hydrogen-bond donors (Lipinski definition) is 2. The molecule has 0 aliphatic heterocycles. The maximum Gasteiger partial charge on any atom is 0.291 e. The Kier molecular flexibility index (Phi) is 5.73. The van der Waals surface area contributed by atoms with Crippen LogP contribution in [0, 0.1) is 6.92 Å². The summed E-state index contributed by atoms with van der Waals surface area (Å²) in [5.41, 5.74) is 2.41. The molecule has 0 fully saturated rings. The normalized spacial score (nSPS) is 10.8. The molecule has 2 amide bonds. The van der Waals surface area contributed by atoms with E-state index in [0.717, 1.165) is 5.56 Å². The topological polar surface area (TPSA) is 102 Å². The molecule has 2 aromatic heterocycles.